The van der Waals surface area contributed by atoms with Crippen molar-refractivity contribution in [1.82, 2.24) is 0 Å². The van der Waals surface area contributed by atoms with Crippen LogP contribution in [0.5, 0.6) is 0 Å². The first kappa shape index (κ1) is 78.0. The highest BCUT2D eigenvalue weighted by molar-refractivity contribution is 5.71. The average molecular weight is 1140 g/mol. The van der Waals surface area contributed by atoms with Crippen LogP contribution in [-0.4, -0.2) is 87.4 Å². The van der Waals surface area contributed by atoms with Gasteiger partial charge < -0.3 is 28.5 Å². The number of nitrogens with zero attached hydrogens (tertiary/aromatic N) is 1. The second-order valence-corrected chi connectivity index (χ2v) is 24.5. The molecule has 0 saturated carbocycles. The normalized spacial score (nSPS) is 13.0. The second-order valence-electron chi connectivity index (χ2n) is 24.5. The maximum absolute atomic E-state index is 12.9. The molecular formula is C72H132NO8+. The van der Waals surface area contributed by atoms with Crippen molar-refractivity contribution >= 4 is 17.9 Å². The van der Waals surface area contributed by atoms with Crippen molar-refractivity contribution in [2.24, 2.45) is 0 Å². The molecule has 472 valence electrons. The van der Waals surface area contributed by atoms with Crippen LogP contribution in [0.25, 0.3) is 0 Å². The first-order valence-electron chi connectivity index (χ1n) is 34.5. The highest BCUT2D eigenvalue weighted by Crippen LogP contribution is 2.18. The van der Waals surface area contributed by atoms with Crippen LogP contribution in [0.4, 0.5) is 0 Å². The summed E-state index contributed by atoms with van der Waals surface area (Å²) in [4.78, 5) is 37.6. The van der Waals surface area contributed by atoms with Crippen LogP contribution in [0.2, 0.25) is 0 Å². The number of hydrogen-bond acceptors (Lipinski definition) is 7. The number of aliphatic carboxylic acids is 1. The minimum absolute atomic E-state index is 0.182. The Hall–Kier alpha value is -3.01. The molecule has 0 heterocycles. The molecule has 0 aliphatic carbocycles. The van der Waals surface area contributed by atoms with E-state index in [-0.39, 0.29) is 32.2 Å². The SMILES string of the molecule is CCCCCCC/C=C\C/C=C\C/C=C\CCCCCCCCCCCCC(=O)OC(COC(=O)CCCCCCCCCCCCCCCCCCCCC/C=C\C/C=C\CCCCCCC)COC(OCC[N+](C)(C)C)C(=O)O. The van der Waals surface area contributed by atoms with Crippen molar-refractivity contribution in [2.45, 2.75) is 334 Å². The van der Waals surface area contributed by atoms with Gasteiger partial charge in [0.05, 0.1) is 34.4 Å². The number of carboxylic acid groups (broad SMARTS) is 1. The molecule has 9 nitrogen and oxygen atoms in total. The van der Waals surface area contributed by atoms with Gasteiger partial charge in [0.15, 0.2) is 6.10 Å². The van der Waals surface area contributed by atoms with Gasteiger partial charge >= 0.3 is 17.9 Å². The molecule has 0 fully saturated rings. The van der Waals surface area contributed by atoms with Gasteiger partial charge in [-0.25, -0.2) is 4.79 Å². The second kappa shape index (κ2) is 63.0. The van der Waals surface area contributed by atoms with Gasteiger partial charge in [-0.3, -0.25) is 9.59 Å². The van der Waals surface area contributed by atoms with Gasteiger partial charge in [-0.1, -0.05) is 286 Å². The number of carboxylic acids is 1. The molecule has 0 aromatic heterocycles. The van der Waals surface area contributed by atoms with E-state index < -0.39 is 24.3 Å². The van der Waals surface area contributed by atoms with Crippen LogP contribution in [0, 0.1) is 0 Å². The quantitative estimate of drug-likeness (QED) is 0.0211. The smallest absolute Gasteiger partial charge is 0.361 e. The van der Waals surface area contributed by atoms with Crippen LogP contribution in [0.3, 0.4) is 0 Å². The fourth-order valence-corrected chi connectivity index (χ4v) is 9.94. The lowest BCUT2D eigenvalue weighted by Crippen LogP contribution is -2.40. The number of carbonyl (C=O) groups excluding carboxylic acids is 2. The summed E-state index contributed by atoms with van der Waals surface area (Å²) in [5, 5.41) is 9.74. The third kappa shape index (κ3) is 64.4. The zero-order valence-electron chi connectivity index (χ0n) is 53.9. The Morgan fingerprint density at radius 2 is 0.667 bits per heavy atom. The summed E-state index contributed by atoms with van der Waals surface area (Å²) < 4.78 is 23.0. The highest BCUT2D eigenvalue weighted by Gasteiger charge is 2.25. The summed E-state index contributed by atoms with van der Waals surface area (Å²) in [6.07, 6.45) is 79.0. The van der Waals surface area contributed by atoms with Crippen molar-refractivity contribution in [3.05, 3.63) is 60.8 Å². The van der Waals surface area contributed by atoms with Crippen molar-refractivity contribution in [3.8, 4) is 0 Å². The number of esters is 2. The van der Waals surface area contributed by atoms with Crippen LogP contribution in [0.1, 0.15) is 322 Å². The molecule has 0 bridgehead atoms. The summed E-state index contributed by atoms with van der Waals surface area (Å²) in [5.41, 5.74) is 0. The van der Waals surface area contributed by atoms with Crippen molar-refractivity contribution in [2.75, 3.05) is 47.5 Å². The van der Waals surface area contributed by atoms with Crippen LogP contribution in [-0.2, 0) is 33.3 Å². The van der Waals surface area contributed by atoms with Crippen molar-refractivity contribution < 1.29 is 42.9 Å². The molecule has 0 saturated heterocycles. The first-order valence-corrected chi connectivity index (χ1v) is 34.5. The predicted octanol–water partition coefficient (Wildman–Crippen LogP) is 21.1. The number of rotatable bonds is 64. The fraction of sp³-hybridized carbons (Fsp3) is 0.819. The van der Waals surface area contributed by atoms with E-state index in [0.29, 0.717) is 17.4 Å². The largest absolute Gasteiger partial charge is 0.477 e. The van der Waals surface area contributed by atoms with Crippen molar-refractivity contribution in [3.63, 3.8) is 0 Å². The maximum Gasteiger partial charge on any atom is 0.361 e. The average Bonchev–Trinajstić information content (AvgIpc) is 3.44. The summed E-state index contributed by atoms with van der Waals surface area (Å²) in [5.74, 6) is -1.99. The van der Waals surface area contributed by atoms with Crippen LogP contribution >= 0.6 is 0 Å². The van der Waals surface area contributed by atoms with Gasteiger partial charge in [-0.2, -0.15) is 0 Å². The molecule has 0 aliphatic rings. The number of unbranched alkanes of at least 4 members (excludes halogenated alkanes) is 39. The van der Waals surface area contributed by atoms with E-state index >= 15 is 0 Å². The zero-order chi connectivity index (χ0) is 59.1. The van der Waals surface area contributed by atoms with E-state index in [0.717, 1.165) is 64.2 Å². The molecule has 1 N–H and O–H groups in total. The minimum atomic E-state index is -1.51. The molecule has 0 spiro atoms. The van der Waals surface area contributed by atoms with Gasteiger partial charge in [0, 0.05) is 12.8 Å². The molecule has 0 aromatic carbocycles. The molecule has 0 amide bonds. The molecule has 0 aromatic rings. The minimum Gasteiger partial charge on any atom is -0.477 e. The number of hydrogen-bond donors (Lipinski definition) is 1. The third-order valence-corrected chi connectivity index (χ3v) is 15.2. The Morgan fingerprint density at radius 1 is 0.370 bits per heavy atom. The standard InChI is InChI=1S/C72H131NO8/c1-6-8-10-12-14-16-18-20-22-24-26-28-30-32-33-34-35-36-37-39-40-42-44-46-48-50-52-54-56-58-60-62-69(74)79-66-68(67-80-72(71(76)77)78-65-64-73(3,4)5)81-70(75)63-61-59-57-55-53-51-49-47-45-43-41-38-31-29-27-25-23-21-19-17-15-13-11-9-7-2/h18-21,24-27,31,38,68,72H,6-17,22-23,28-30,32-37,39-67H2,1-5H3/p+1/b20-18-,21-19-,26-24-,27-25-,38-31-. The Balaban J connectivity index is 4.10. The van der Waals surface area contributed by atoms with Gasteiger partial charge in [-0.05, 0) is 83.5 Å². The lowest BCUT2D eigenvalue weighted by molar-refractivity contribution is -0.870. The lowest BCUT2D eigenvalue weighted by atomic mass is 10.0. The lowest BCUT2D eigenvalue weighted by Gasteiger charge is -2.25. The van der Waals surface area contributed by atoms with Crippen LogP contribution < -0.4 is 0 Å². The van der Waals surface area contributed by atoms with Gasteiger partial charge in [0.2, 0.25) is 0 Å². The molecule has 9 heteroatoms. The highest BCUT2D eigenvalue weighted by atomic mass is 16.7. The summed E-state index contributed by atoms with van der Waals surface area (Å²) in [6.45, 7) is 4.89. The van der Waals surface area contributed by atoms with E-state index in [2.05, 4.69) is 74.6 Å². The van der Waals surface area contributed by atoms with Crippen molar-refractivity contribution in [1.29, 1.82) is 0 Å². The molecule has 81 heavy (non-hydrogen) atoms. The van der Waals surface area contributed by atoms with Gasteiger partial charge in [-0.15, -0.1) is 0 Å². The maximum atomic E-state index is 12.9. The number of quaternary nitrogens is 1. The molecule has 2 atom stereocenters. The predicted molar refractivity (Wildman–Crippen MR) is 346 cm³/mol. The van der Waals surface area contributed by atoms with E-state index in [9.17, 15) is 19.5 Å². The number of allylic oxidation sites excluding steroid dienone is 10. The Labute approximate surface area is 501 Å². The molecule has 0 rings (SSSR count). The van der Waals surface area contributed by atoms with Crippen LogP contribution in [0.15, 0.2) is 60.8 Å². The van der Waals surface area contributed by atoms with Gasteiger partial charge in [0.25, 0.3) is 6.29 Å². The Morgan fingerprint density at radius 3 is 0.988 bits per heavy atom. The Bertz CT molecular complexity index is 1510. The van der Waals surface area contributed by atoms with Gasteiger partial charge in [0.1, 0.15) is 13.2 Å². The summed E-state index contributed by atoms with van der Waals surface area (Å²) >= 11 is 0. The molecule has 2 unspecified atom stereocenters. The topological polar surface area (TPSA) is 108 Å². The Kier molecular flexibility index (Phi) is 60.7. The van der Waals surface area contributed by atoms with E-state index in [1.165, 1.54) is 231 Å². The van der Waals surface area contributed by atoms with E-state index in [4.69, 9.17) is 18.9 Å². The molecule has 0 radical (unpaired) electrons. The molecular weight excluding hydrogens is 1010 g/mol. The zero-order valence-corrected chi connectivity index (χ0v) is 53.9. The number of ether oxygens (including phenoxy) is 4. The summed E-state index contributed by atoms with van der Waals surface area (Å²) in [6, 6.07) is 0. The van der Waals surface area contributed by atoms with E-state index in [1.54, 1.807) is 0 Å². The van der Waals surface area contributed by atoms with E-state index in [1.807, 2.05) is 21.1 Å². The summed E-state index contributed by atoms with van der Waals surface area (Å²) in [7, 11) is 5.98. The monoisotopic (exact) mass is 1140 g/mol. The first-order chi connectivity index (χ1) is 39.6. The number of likely N-dealkylation sites (N-methyl/N-ethyl adjacent to an activating group) is 1. The number of carbonyl (C=O) groups is 3. The molecule has 0 aliphatic heterocycles. The fourth-order valence-electron chi connectivity index (χ4n) is 9.94. The third-order valence-electron chi connectivity index (χ3n) is 15.2.